The van der Waals surface area contributed by atoms with E-state index in [1.807, 2.05) is 24.4 Å². The van der Waals surface area contributed by atoms with Crippen LogP contribution >= 0.6 is 0 Å². The number of hydrogen-bond acceptors (Lipinski definition) is 3. The molecule has 1 atom stereocenters. The largest absolute Gasteiger partial charge is 0.357 e. The molecule has 0 unspecified atom stereocenters. The molecular formula is C19H27N3. The van der Waals surface area contributed by atoms with Crippen LogP contribution in [0.25, 0.3) is 0 Å². The smallest absolute Gasteiger partial charge is 0.128 e. The molecule has 0 aliphatic rings. The topological polar surface area (TPSA) is 42.1 Å². The van der Waals surface area contributed by atoms with Crippen molar-refractivity contribution in [3.63, 3.8) is 0 Å². The summed E-state index contributed by atoms with van der Waals surface area (Å²) in [6.07, 6.45) is 4.21. The number of benzene rings is 1. The van der Waals surface area contributed by atoms with Gasteiger partial charge < -0.3 is 10.6 Å². The SMILES string of the molecule is CCCN(CCC)c1cc(C)c([C@@H](N)c2ccccc2)cn1. The molecular weight excluding hydrogens is 270 g/mol. The molecule has 0 saturated heterocycles. The maximum atomic E-state index is 6.41. The van der Waals surface area contributed by atoms with Gasteiger partial charge in [-0.25, -0.2) is 4.98 Å². The van der Waals surface area contributed by atoms with Crippen LogP contribution in [0.5, 0.6) is 0 Å². The van der Waals surface area contributed by atoms with Gasteiger partial charge >= 0.3 is 0 Å². The van der Waals surface area contributed by atoms with Gasteiger partial charge in [0.25, 0.3) is 0 Å². The highest BCUT2D eigenvalue weighted by Crippen LogP contribution is 2.24. The molecule has 22 heavy (non-hydrogen) atoms. The second kappa shape index (κ2) is 7.95. The first-order valence-electron chi connectivity index (χ1n) is 8.19. The van der Waals surface area contributed by atoms with Crippen LogP contribution in [0.4, 0.5) is 5.82 Å². The molecule has 0 bridgehead atoms. The van der Waals surface area contributed by atoms with Gasteiger partial charge in [0, 0.05) is 19.3 Å². The molecule has 1 aromatic carbocycles. The molecule has 0 radical (unpaired) electrons. The number of rotatable bonds is 7. The standard InChI is InChI=1S/C19H27N3/c1-4-11-22(12-5-2)18-13-15(3)17(14-21-18)19(20)16-9-7-6-8-10-16/h6-10,13-14,19H,4-5,11-12,20H2,1-3H3/t19-/m0/s1. The first kappa shape index (κ1) is 16.5. The molecule has 3 nitrogen and oxygen atoms in total. The van der Waals surface area contributed by atoms with E-state index in [9.17, 15) is 0 Å². The minimum Gasteiger partial charge on any atom is -0.357 e. The van der Waals surface area contributed by atoms with Gasteiger partial charge in [-0.15, -0.1) is 0 Å². The molecule has 3 heteroatoms. The van der Waals surface area contributed by atoms with E-state index >= 15 is 0 Å². The first-order valence-corrected chi connectivity index (χ1v) is 8.19. The Labute approximate surface area is 134 Å². The lowest BCUT2D eigenvalue weighted by molar-refractivity contribution is 0.731. The van der Waals surface area contributed by atoms with E-state index < -0.39 is 0 Å². The predicted molar refractivity (Wildman–Crippen MR) is 94.2 cm³/mol. The zero-order chi connectivity index (χ0) is 15.9. The van der Waals surface area contributed by atoms with E-state index in [-0.39, 0.29) is 6.04 Å². The van der Waals surface area contributed by atoms with Crippen LogP contribution in [0, 0.1) is 6.92 Å². The van der Waals surface area contributed by atoms with Gasteiger partial charge in [-0.05, 0) is 42.5 Å². The summed E-state index contributed by atoms with van der Waals surface area (Å²) in [7, 11) is 0. The Morgan fingerprint density at radius 3 is 2.27 bits per heavy atom. The van der Waals surface area contributed by atoms with Crippen LogP contribution in [0.2, 0.25) is 0 Å². The van der Waals surface area contributed by atoms with Crippen molar-refractivity contribution in [3.8, 4) is 0 Å². The van der Waals surface area contributed by atoms with Crippen molar-refractivity contribution in [1.82, 2.24) is 4.98 Å². The second-order valence-corrected chi connectivity index (χ2v) is 5.77. The number of nitrogens with two attached hydrogens (primary N) is 1. The highest BCUT2D eigenvalue weighted by molar-refractivity contribution is 5.46. The summed E-state index contributed by atoms with van der Waals surface area (Å²) in [6, 6.07) is 12.2. The van der Waals surface area contributed by atoms with Crippen molar-refractivity contribution in [2.45, 2.75) is 39.7 Å². The maximum Gasteiger partial charge on any atom is 0.128 e. The minimum absolute atomic E-state index is 0.117. The van der Waals surface area contributed by atoms with Gasteiger partial charge in [0.15, 0.2) is 0 Å². The lowest BCUT2D eigenvalue weighted by Crippen LogP contribution is -2.26. The summed E-state index contributed by atoms with van der Waals surface area (Å²) in [5.74, 6) is 1.06. The molecule has 2 aromatic rings. The van der Waals surface area contributed by atoms with Crippen molar-refractivity contribution < 1.29 is 0 Å². The Morgan fingerprint density at radius 1 is 1.09 bits per heavy atom. The molecule has 0 amide bonds. The molecule has 0 aliphatic heterocycles. The van der Waals surface area contributed by atoms with Crippen LogP contribution in [-0.2, 0) is 0 Å². The molecule has 0 aliphatic carbocycles. The monoisotopic (exact) mass is 297 g/mol. The van der Waals surface area contributed by atoms with Gasteiger partial charge in [-0.2, -0.15) is 0 Å². The van der Waals surface area contributed by atoms with Gasteiger partial charge in [-0.1, -0.05) is 44.2 Å². The normalized spacial score (nSPS) is 12.2. The lowest BCUT2D eigenvalue weighted by atomic mass is 9.97. The van der Waals surface area contributed by atoms with Gasteiger partial charge in [0.2, 0.25) is 0 Å². The summed E-state index contributed by atoms with van der Waals surface area (Å²) in [6.45, 7) is 8.62. The number of anilines is 1. The summed E-state index contributed by atoms with van der Waals surface area (Å²) in [5.41, 5.74) is 9.84. The van der Waals surface area contributed by atoms with Crippen molar-refractivity contribution >= 4 is 5.82 Å². The van der Waals surface area contributed by atoms with E-state index in [2.05, 4.69) is 48.9 Å². The van der Waals surface area contributed by atoms with E-state index in [0.717, 1.165) is 42.9 Å². The average Bonchev–Trinajstić information content (AvgIpc) is 2.55. The second-order valence-electron chi connectivity index (χ2n) is 5.77. The van der Waals surface area contributed by atoms with Gasteiger partial charge in [0.05, 0.1) is 6.04 Å². The Kier molecular flexibility index (Phi) is 5.96. The Balaban J connectivity index is 2.25. The molecule has 2 rings (SSSR count). The number of hydrogen-bond donors (Lipinski definition) is 1. The Bertz CT molecular complexity index is 574. The maximum absolute atomic E-state index is 6.41. The molecule has 0 fully saturated rings. The van der Waals surface area contributed by atoms with Gasteiger partial charge in [-0.3, -0.25) is 0 Å². The molecule has 1 heterocycles. The molecule has 0 saturated carbocycles. The van der Waals surface area contributed by atoms with Crippen LogP contribution in [0.1, 0.15) is 49.4 Å². The van der Waals surface area contributed by atoms with E-state index in [4.69, 9.17) is 5.73 Å². The van der Waals surface area contributed by atoms with E-state index in [1.54, 1.807) is 0 Å². The zero-order valence-corrected chi connectivity index (χ0v) is 13.9. The highest BCUT2D eigenvalue weighted by Gasteiger charge is 2.14. The van der Waals surface area contributed by atoms with E-state index in [0.29, 0.717) is 0 Å². The number of aryl methyl sites for hydroxylation is 1. The molecule has 2 N–H and O–H groups in total. The molecule has 0 spiro atoms. The Hall–Kier alpha value is -1.87. The number of nitrogens with zero attached hydrogens (tertiary/aromatic N) is 2. The summed E-state index contributed by atoms with van der Waals surface area (Å²) < 4.78 is 0. The first-order chi connectivity index (χ1) is 10.7. The number of pyridine rings is 1. The third kappa shape index (κ3) is 3.86. The summed E-state index contributed by atoms with van der Waals surface area (Å²) >= 11 is 0. The minimum atomic E-state index is -0.117. The van der Waals surface area contributed by atoms with E-state index in [1.165, 1.54) is 5.56 Å². The molecule has 118 valence electrons. The fourth-order valence-electron chi connectivity index (χ4n) is 2.77. The van der Waals surface area contributed by atoms with Crippen molar-refractivity contribution in [1.29, 1.82) is 0 Å². The quantitative estimate of drug-likeness (QED) is 0.838. The van der Waals surface area contributed by atoms with Crippen LogP contribution in [-0.4, -0.2) is 18.1 Å². The fourth-order valence-corrected chi connectivity index (χ4v) is 2.77. The van der Waals surface area contributed by atoms with Crippen molar-refractivity contribution in [3.05, 3.63) is 59.3 Å². The Morgan fingerprint density at radius 2 is 1.73 bits per heavy atom. The zero-order valence-electron chi connectivity index (χ0n) is 13.9. The molecule has 1 aromatic heterocycles. The van der Waals surface area contributed by atoms with Gasteiger partial charge in [0.1, 0.15) is 5.82 Å². The predicted octanol–water partition coefficient (Wildman–Crippen LogP) is 4.06. The van der Waals surface area contributed by atoms with Crippen LogP contribution < -0.4 is 10.6 Å². The average molecular weight is 297 g/mol. The third-order valence-corrected chi connectivity index (χ3v) is 3.94. The highest BCUT2D eigenvalue weighted by atomic mass is 15.2. The summed E-state index contributed by atoms with van der Waals surface area (Å²) in [4.78, 5) is 7.02. The lowest BCUT2D eigenvalue weighted by Gasteiger charge is -2.24. The third-order valence-electron chi connectivity index (χ3n) is 3.94. The van der Waals surface area contributed by atoms with Crippen molar-refractivity contribution in [2.75, 3.05) is 18.0 Å². The number of aromatic nitrogens is 1. The van der Waals surface area contributed by atoms with Crippen LogP contribution in [0.3, 0.4) is 0 Å². The van der Waals surface area contributed by atoms with Crippen LogP contribution in [0.15, 0.2) is 42.6 Å². The summed E-state index contributed by atoms with van der Waals surface area (Å²) in [5, 5.41) is 0. The van der Waals surface area contributed by atoms with Crippen molar-refractivity contribution in [2.24, 2.45) is 5.73 Å². The fraction of sp³-hybridized carbons (Fsp3) is 0.421.